The van der Waals surface area contributed by atoms with Crippen LogP contribution in [0.25, 0.3) is 22.3 Å². The van der Waals surface area contributed by atoms with E-state index < -0.39 is 0 Å². The van der Waals surface area contributed by atoms with Gasteiger partial charge in [0.25, 0.3) is 0 Å². The van der Waals surface area contributed by atoms with Crippen molar-refractivity contribution in [3.05, 3.63) is 54.1 Å². The number of furan rings is 1. The maximum atomic E-state index is 9.08. The third-order valence-electron chi connectivity index (χ3n) is 3.06. The van der Waals surface area contributed by atoms with Gasteiger partial charge in [0.05, 0.1) is 18.7 Å². The summed E-state index contributed by atoms with van der Waals surface area (Å²) in [7, 11) is 1.63. The summed E-state index contributed by atoms with van der Waals surface area (Å²) in [6.45, 7) is 0. The van der Waals surface area contributed by atoms with Crippen LogP contribution in [0.3, 0.4) is 0 Å². The molecule has 2 aromatic carbocycles. The van der Waals surface area contributed by atoms with E-state index in [9.17, 15) is 0 Å². The monoisotopic (exact) mass is 249 g/mol. The Labute approximate surface area is 110 Å². The van der Waals surface area contributed by atoms with Crippen molar-refractivity contribution in [2.24, 2.45) is 0 Å². The van der Waals surface area contributed by atoms with Crippen LogP contribution < -0.4 is 4.74 Å². The van der Waals surface area contributed by atoms with E-state index in [0.717, 1.165) is 28.0 Å². The van der Waals surface area contributed by atoms with Gasteiger partial charge in [0.1, 0.15) is 17.1 Å². The van der Waals surface area contributed by atoms with Gasteiger partial charge < -0.3 is 9.15 Å². The van der Waals surface area contributed by atoms with Gasteiger partial charge in [0, 0.05) is 10.9 Å². The number of ether oxygens (including phenoxy) is 1. The largest absolute Gasteiger partial charge is 0.497 e. The van der Waals surface area contributed by atoms with Crippen LogP contribution in [0.2, 0.25) is 0 Å². The smallest absolute Gasteiger partial charge is 0.136 e. The Morgan fingerprint density at radius 3 is 2.58 bits per heavy atom. The molecule has 0 spiro atoms. The highest BCUT2D eigenvalue weighted by atomic mass is 16.5. The molecule has 0 saturated heterocycles. The Bertz CT molecular complexity index is 764. The average molecular weight is 249 g/mol. The number of methoxy groups -OCH3 is 1. The first-order valence-electron chi connectivity index (χ1n) is 5.89. The molecule has 1 aromatic heterocycles. The lowest BCUT2D eigenvalue weighted by Gasteiger charge is -2.00. The first-order valence-corrected chi connectivity index (χ1v) is 5.89. The normalized spacial score (nSPS) is 10.3. The highest BCUT2D eigenvalue weighted by Gasteiger charge is 2.09. The molecular weight excluding hydrogens is 238 g/mol. The van der Waals surface area contributed by atoms with Gasteiger partial charge in [-0.15, -0.1) is 0 Å². The third kappa shape index (κ3) is 1.94. The van der Waals surface area contributed by atoms with E-state index in [1.165, 1.54) is 0 Å². The van der Waals surface area contributed by atoms with Gasteiger partial charge in [-0.05, 0) is 42.5 Å². The topological polar surface area (TPSA) is 46.2 Å². The van der Waals surface area contributed by atoms with Crippen LogP contribution in [-0.4, -0.2) is 7.11 Å². The minimum atomic E-state index is 0.626. The minimum absolute atomic E-state index is 0.626. The summed E-state index contributed by atoms with van der Waals surface area (Å²) in [6, 6.07) is 17.2. The molecule has 3 aromatic rings. The fourth-order valence-corrected chi connectivity index (χ4v) is 2.06. The first-order chi connectivity index (χ1) is 9.31. The van der Waals surface area contributed by atoms with E-state index in [4.69, 9.17) is 14.4 Å². The van der Waals surface area contributed by atoms with Crippen molar-refractivity contribution in [2.45, 2.75) is 0 Å². The summed E-state index contributed by atoms with van der Waals surface area (Å²) >= 11 is 0. The van der Waals surface area contributed by atoms with Crippen LogP contribution in [0.5, 0.6) is 5.75 Å². The summed E-state index contributed by atoms with van der Waals surface area (Å²) in [5.41, 5.74) is 2.31. The molecular formula is C16H11NO2. The van der Waals surface area contributed by atoms with Crippen LogP contribution in [0.15, 0.2) is 52.9 Å². The lowest BCUT2D eigenvalue weighted by molar-refractivity contribution is 0.415. The SMILES string of the molecule is COc1ccc(-c2cc3c(C#N)cccc3o2)cc1. The molecule has 3 nitrogen and oxygen atoms in total. The second kappa shape index (κ2) is 4.51. The van der Waals surface area contributed by atoms with E-state index >= 15 is 0 Å². The molecule has 0 bridgehead atoms. The van der Waals surface area contributed by atoms with Gasteiger partial charge >= 0.3 is 0 Å². The average Bonchev–Trinajstić information content (AvgIpc) is 2.91. The summed E-state index contributed by atoms with van der Waals surface area (Å²) in [5, 5.41) is 9.92. The minimum Gasteiger partial charge on any atom is -0.497 e. The summed E-state index contributed by atoms with van der Waals surface area (Å²) in [5.74, 6) is 1.55. The fraction of sp³-hybridized carbons (Fsp3) is 0.0625. The van der Waals surface area contributed by atoms with Gasteiger partial charge in [-0.25, -0.2) is 0 Å². The summed E-state index contributed by atoms with van der Waals surface area (Å²) < 4.78 is 10.9. The molecule has 0 radical (unpaired) electrons. The number of nitrogens with zero attached hydrogens (tertiary/aromatic N) is 1. The molecule has 0 fully saturated rings. The molecule has 0 amide bonds. The van der Waals surface area contributed by atoms with Gasteiger partial charge in [0.2, 0.25) is 0 Å². The van der Waals surface area contributed by atoms with Gasteiger partial charge in [-0.3, -0.25) is 0 Å². The molecule has 92 valence electrons. The second-order valence-electron chi connectivity index (χ2n) is 4.17. The Morgan fingerprint density at radius 2 is 1.89 bits per heavy atom. The quantitative estimate of drug-likeness (QED) is 0.690. The lowest BCUT2D eigenvalue weighted by atomic mass is 10.1. The van der Waals surface area contributed by atoms with E-state index in [-0.39, 0.29) is 0 Å². The van der Waals surface area contributed by atoms with Crippen molar-refractivity contribution in [1.29, 1.82) is 5.26 Å². The number of benzene rings is 2. The molecule has 0 N–H and O–H groups in total. The van der Waals surface area contributed by atoms with Crippen molar-refractivity contribution < 1.29 is 9.15 Å². The third-order valence-corrected chi connectivity index (χ3v) is 3.06. The first kappa shape index (κ1) is 11.4. The second-order valence-corrected chi connectivity index (χ2v) is 4.17. The van der Waals surface area contributed by atoms with Crippen LogP contribution >= 0.6 is 0 Å². The Morgan fingerprint density at radius 1 is 1.11 bits per heavy atom. The highest BCUT2D eigenvalue weighted by molar-refractivity contribution is 5.87. The molecule has 0 unspecified atom stereocenters. The van der Waals surface area contributed by atoms with Crippen LogP contribution in [-0.2, 0) is 0 Å². The predicted octanol–water partition coefficient (Wildman–Crippen LogP) is 3.98. The van der Waals surface area contributed by atoms with E-state index in [2.05, 4.69) is 6.07 Å². The highest BCUT2D eigenvalue weighted by Crippen LogP contribution is 2.30. The van der Waals surface area contributed by atoms with Crippen LogP contribution in [0, 0.1) is 11.3 Å². The molecule has 0 saturated carbocycles. The molecule has 0 aliphatic heterocycles. The van der Waals surface area contributed by atoms with Gasteiger partial charge in [-0.2, -0.15) is 5.26 Å². The van der Waals surface area contributed by atoms with E-state index in [1.807, 2.05) is 42.5 Å². The molecule has 0 aliphatic carbocycles. The van der Waals surface area contributed by atoms with E-state index in [0.29, 0.717) is 5.56 Å². The maximum Gasteiger partial charge on any atom is 0.136 e. The predicted molar refractivity (Wildman–Crippen MR) is 72.9 cm³/mol. The van der Waals surface area contributed by atoms with Crippen molar-refractivity contribution >= 4 is 11.0 Å². The molecule has 0 aliphatic rings. The number of rotatable bonds is 2. The standard InChI is InChI=1S/C16H11NO2/c1-18-13-7-5-11(6-8-13)16-9-14-12(10-17)3-2-4-15(14)19-16/h2-9H,1H3. The van der Waals surface area contributed by atoms with Crippen molar-refractivity contribution in [1.82, 2.24) is 0 Å². The number of fused-ring (bicyclic) bond motifs is 1. The van der Waals surface area contributed by atoms with Crippen molar-refractivity contribution in [2.75, 3.05) is 7.11 Å². The molecule has 3 rings (SSSR count). The fourth-order valence-electron chi connectivity index (χ4n) is 2.06. The Balaban J connectivity index is 2.12. The molecule has 3 heteroatoms. The number of nitriles is 1. The Hall–Kier alpha value is -2.73. The zero-order valence-corrected chi connectivity index (χ0v) is 10.4. The van der Waals surface area contributed by atoms with E-state index in [1.54, 1.807) is 13.2 Å². The van der Waals surface area contributed by atoms with Crippen molar-refractivity contribution in [3.63, 3.8) is 0 Å². The molecule has 1 heterocycles. The lowest BCUT2D eigenvalue weighted by Crippen LogP contribution is -1.81. The van der Waals surface area contributed by atoms with Crippen molar-refractivity contribution in [3.8, 4) is 23.1 Å². The zero-order chi connectivity index (χ0) is 13.2. The number of hydrogen-bond donors (Lipinski definition) is 0. The molecule has 0 atom stereocenters. The Kier molecular flexibility index (Phi) is 2.70. The maximum absolute atomic E-state index is 9.08. The van der Waals surface area contributed by atoms with Gasteiger partial charge in [0.15, 0.2) is 0 Å². The molecule has 19 heavy (non-hydrogen) atoms. The summed E-state index contributed by atoms with van der Waals surface area (Å²) in [4.78, 5) is 0. The zero-order valence-electron chi connectivity index (χ0n) is 10.4. The number of hydrogen-bond acceptors (Lipinski definition) is 3. The van der Waals surface area contributed by atoms with Crippen LogP contribution in [0.1, 0.15) is 5.56 Å². The van der Waals surface area contributed by atoms with Gasteiger partial charge in [-0.1, -0.05) is 6.07 Å². The van der Waals surface area contributed by atoms with Crippen LogP contribution in [0.4, 0.5) is 0 Å². The summed E-state index contributed by atoms with van der Waals surface area (Å²) in [6.07, 6.45) is 0.